The van der Waals surface area contributed by atoms with E-state index < -0.39 is 0 Å². The first-order chi connectivity index (χ1) is 9.61. The van der Waals surface area contributed by atoms with Crippen LogP contribution in [0.15, 0.2) is 29.2 Å². The molecule has 0 aliphatic carbocycles. The van der Waals surface area contributed by atoms with Gasteiger partial charge in [-0.05, 0) is 42.6 Å². The van der Waals surface area contributed by atoms with E-state index in [-0.39, 0.29) is 0 Å². The Bertz CT molecular complexity index is 367. The Morgan fingerprint density at radius 1 is 1.00 bits per heavy atom. The fourth-order valence-corrected chi connectivity index (χ4v) is 3.77. The third-order valence-corrected chi connectivity index (χ3v) is 5.16. The van der Waals surface area contributed by atoms with Gasteiger partial charge in [-0.3, -0.25) is 0 Å². The molecule has 0 aliphatic rings. The van der Waals surface area contributed by atoms with Crippen LogP contribution in [-0.2, 0) is 0 Å². The molecule has 0 saturated carbocycles. The summed E-state index contributed by atoms with van der Waals surface area (Å²) in [5.41, 5.74) is 0.476. The Morgan fingerprint density at radius 2 is 1.60 bits per heavy atom. The monoisotopic (exact) mass is 294 g/mol. The van der Waals surface area contributed by atoms with Gasteiger partial charge in [0.25, 0.3) is 0 Å². The van der Waals surface area contributed by atoms with Crippen LogP contribution in [0.25, 0.3) is 0 Å². The van der Waals surface area contributed by atoms with E-state index in [2.05, 4.69) is 20.8 Å². The topological polar surface area (TPSA) is 20.2 Å². The van der Waals surface area contributed by atoms with Crippen molar-refractivity contribution in [3.63, 3.8) is 0 Å². The van der Waals surface area contributed by atoms with Gasteiger partial charge in [-0.15, -0.1) is 11.8 Å². The van der Waals surface area contributed by atoms with Gasteiger partial charge in [-0.25, -0.2) is 0 Å². The molecule has 0 heterocycles. The molecule has 0 saturated heterocycles. The van der Waals surface area contributed by atoms with Gasteiger partial charge in [-0.1, -0.05) is 58.6 Å². The third kappa shape index (κ3) is 6.21. The molecular weight excluding hydrogens is 264 g/mol. The number of hydrogen-bond acceptors (Lipinski definition) is 2. The molecule has 1 N–H and O–H groups in total. The van der Waals surface area contributed by atoms with Crippen LogP contribution in [0.4, 0.5) is 0 Å². The van der Waals surface area contributed by atoms with Crippen LogP contribution in [0.2, 0.25) is 0 Å². The zero-order valence-electron chi connectivity index (χ0n) is 13.3. The second-order valence-corrected chi connectivity index (χ2v) is 7.22. The first-order valence-corrected chi connectivity index (χ1v) is 9.00. The molecule has 0 amide bonds. The number of para-hydroxylation sites is 1. The molecule has 0 fully saturated rings. The van der Waals surface area contributed by atoms with Crippen molar-refractivity contribution in [1.82, 2.24) is 0 Å². The van der Waals surface area contributed by atoms with Gasteiger partial charge < -0.3 is 5.11 Å². The van der Waals surface area contributed by atoms with Crippen molar-refractivity contribution in [2.75, 3.05) is 5.75 Å². The maximum Gasteiger partial charge on any atom is 0.129 e. The van der Waals surface area contributed by atoms with Crippen molar-refractivity contribution in [2.45, 2.75) is 70.6 Å². The average Bonchev–Trinajstić information content (AvgIpc) is 2.45. The molecule has 0 aliphatic heterocycles. The van der Waals surface area contributed by atoms with Gasteiger partial charge in [0.05, 0.1) is 0 Å². The van der Waals surface area contributed by atoms with E-state index in [1.54, 1.807) is 17.8 Å². The molecule has 1 aromatic rings. The third-order valence-electron chi connectivity index (χ3n) is 4.10. The van der Waals surface area contributed by atoms with Gasteiger partial charge in [0.1, 0.15) is 5.75 Å². The van der Waals surface area contributed by atoms with Crippen LogP contribution >= 0.6 is 11.8 Å². The van der Waals surface area contributed by atoms with Gasteiger partial charge in [-0.2, -0.15) is 0 Å². The van der Waals surface area contributed by atoms with Crippen molar-refractivity contribution >= 4 is 11.8 Å². The molecule has 0 atom stereocenters. The summed E-state index contributed by atoms with van der Waals surface area (Å²) in [7, 11) is 0. The minimum Gasteiger partial charge on any atom is -0.507 e. The van der Waals surface area contributed by atoms with E-state index >= 15 is 0 Å². The minimum absolute atomic E-state index is 0.418. The van der Waals surface area contributed by atoms with Crippen LogP contribution in [-0.4, -0.2) is 10.9 Å². The standard InChI is InChI=1S/C18H30OS/c1-4-6-12-18(3,13-7-5-2)14-15-20-17-11-9-8-10-16(17)19/h8-11,19H,4-7,12-15H2,1-3H3. The molecule has 0 unspecified atom stereocenters. The van der Waals surface area contributed by atoms with Crippen LogP contribution in [0, 0.1) is 5.41 Å². The zero-order chi connectivity index (χ0) is 14.8. The summed E-state index contributed by atoms with van der Waals surface area (Å²) in [5, 5.41) is 9.80. The summed E-state index contributed by atoms with van der Waals surface area (Å²) in [4.78, 5) is 1.01. The van der Waals surface area contributed by atoms with Crippen LogP contribution in [0.1, 0.15) is 65.7 Å². The van der Waals surface area contributed by atoms with Crippen molar-refractivity contribution < 1.29 is 5.11 Å². The van der Waals surface area contributed by atoms with Gasteiger partial charge in [0.2, 0.25) is 0 Å². The van der Waals surface area contributed by atoms with E-state index in [4.69, 9.17) is 0 Å². The predicted molar refractivity (Wildman–Crippen MR) is 90.6 cm³/mol. The molecule has 1 aromatic carbocycles. The fraction of sp³-hybridized carbons (Fsp3) is 0.667. The number of aromatic hydroxyl groups is 1. The van der Waals surface area contributed by atoms with Crippen molar-refractivity contribution in [2.24, 2.45) is 5.41 Å². The predicted octanol–water partition coefficient (Wildman–Crippen LogP) is 6.26. The van der Waals surface area contributed by atoms with Gasteiger partial charge in [0.15, 0.2) is 0 Å². The molecule has 0 aromatic heterocycles. The molecule has 2 heteroatoms. The number of unbranched alkanes of at least 4 members (excludes halogenated alkanes) is 2. The van der Waals surface area contributed by atoms with Crippen LogP contribution in [0.5, 0.6) is 5.75 Å². The molecule has 1 rings (SSSR count). The summed E-state index contributed by atoms with van der Waals surface area (Å²) in [6.07, 6.45) is 9.16. The zero-order valence-corrected chi connectivity index (χ0v) is 14.1. The van der Waals surface area contributed by atoms with Gasteiger partial charge in [0, 0.05) is 4.90 Å². The lowest BCUT2D eigenvalue weighted by Crippen LogP contribution is -2.17. The normalized spacial score (nSPS) is 11.8. The highest BCUT2D eigenvalue weighted by Crippen LogP contribution is 2.37. The second kappa shape index (κ2) is 9.33. The summed E-state index contributed by atoms with van der Waals surface area (Å²) in [6.45, 7) is 7.00. The minimum atomic E-state index is 0.418. The smallest absolute Gasteiger partial charge is 0.129 e. The van der Waals surface area contributed by atoms with Crippen molar-refractivity contribution in [3.8, 4) is 5.75 Å². The second-order valence-electron chi connectivity index (χ2n) is 6.08. The Hall–Kier alpha value is -0.630. The Balaban J connectivity index is 2.47. The highest BCUT2D eigenvalue weighted by atomic mass is 32.2. The highest BCUT2D eigenvalue weighted by molar-refractivity contribution is 7.99. The van der Waals surface area contributed by atoms with E-state index in [0.717, 1.165) is 10.6 Å². The molecule has 1 nitrogen and oxygen atoms in total. The molecule has 114 valence electrons. The summed E-state index contributed by atoms with van der Waals surface area (Å²) < 4.78 is 0. The maximum atomic E-state index is 9.80. The largest absolute Gasteiger partial charge is 0.507 e. The Morgan fingerprint density at radius 3 is 2.15 bits per heavy atom. The number of rotatable bonds is 10. The lowest BCUT2D eigenvalue weighted by Gasteiger charge is -2.29. The van der Waals surface area contributed by atoms with E-state index in [0.29, 0.717) is 11.2 Å². The highest BCUT2D eigenvalue weighted by Gasteiger charge is 2.22. The van der Waals surface area contributed by atoms with E-state index in [1.807, 2.05) is 18.2 Å². The summed E-state index contributed by atoms with van der Waals surface area (Å²) >= 11 is 1.79. The van der Waals surface area contributed by atoms with Crippen LogP contribution < -0.4 is 0 Å². The maximum absolute atomic E-state index is 9.80. The number of phenols is 1. The first kappa shape index (κ1) is 17.4. The number of benzene rings is 1. The SMILES string of the molecule is CCCCC(C)(CCCC)CCSc1ccccc1O. The fourth-order valence-electron chi connectivity index (χ4n) is 2.57. The Labute approximate surface area is 129 Å². The summed E-state index contributed by atoms with van der Waals surface area (Å²) in [6, 6.07) is 7.66. The first-order valence-electron chi connectivity index (χ1n) is 8.02. The lowest BCUT2D eigenvalue weighted by molar-refractivity contribution is 0.248. The number of hydrogen-bond donors (Lipinski definition) is 1. The summed E-state index contributed by atoms with van der Waals surface area (Å²) in [5.74, 6) is 1.52. The van der Waals surface area contributed by atoms with E-state index in [9.17, 15) is 5.11 Å². The lowest BCUT2D eigenvalue weighted by atomic mass is 9.78. The molecule has 0 spiro atoms. The molecule has 0 radical (unpaired) electrons. The average molecular weight is 295 g/mol. The molecule has 20 heavy (non-hydrogen) atoms. The van der Waals surface area contributed by atoms with E-state index in [1.165, 1.54) is 44.9 Å². The Kier molecular flexibility index (Phi) is 8.13. The molecular formula is C18H30OS. The van der Waals surface area contributed by atoms with Crippen molar-refractivity contribution in [3.05, 3.63) is 24.3 Å². The van der Waals surface area contributed by atoms with Gasteiger partial charge >= 0.3 is 0 Å². The van der Waals surface area contributed by atoms with Crippen LogP contribution in [0.3, 0.4) is 0 Å². The molecule has 0 bridgehead atoms. The quantitative estimate of drug-likeness (QED) is 0.514. The number of thioether (sulfide) groups is 1. The van der Waals surface area contributed by atoms with Crippen molar-refractivity contribution in [1.29, 1.82) is 0 Å². The number of phenolic OH excluding ortho intramolecular Hbond substituents is 1.